The van der Waals surface area contributed by atoms with E-state index in [1.165, 1.54) is 17.0 Å². The van der Waals surface area contributed by atoms with Crippen molar-refractivity contribution >= 4 is 39.1 Å². The standard InChI is InChI=1S/C32H36ClN3O6S/c1-23(32(38)34-26-11-4-2-5-12-26)35(21-24-9-8-10-25(33)19-24)31(37)22-36(43(39,40)28-13-6-3-7-14-28)27-15-16-29-30(20-27)42-18-17-41-29/h3,6-10,13-16,19-20,23,26H,2,4-5,11-12,17-18,21-22H2,1H3,(H,34,38)/t23-/m0/s1. The molecule has 228 valence electrons. The second kappa shape index (κ2) is 13.7. The first kappa shape index (κ1) is 30.7. The summed E-state index contributed by atoms with van der Waals surface area (Å²) in [5.41, 5.74) is 0.957. The molecule has 5 rings (SSSR count). The summed E-state index contributed by atoms with van der Waals surface area (Å²) in [5.74, 6) is 0.0641. The zero-order valence-electron chi connectivity index (χ0n) is 24.1. The fourth-order valence-electron chi connectivity index (χ4n) is 5.42. The molecule has 1 heterocycles. The van der Waals surface area contributed by atoms with E-state index in [1.807, 2.05) is 6.07 Å². The number of amides is 2. The van der Waals surface area contributed by atoms with Gasteiger partial charge in [0.2, 0.25) is 11.8 Å². The van der Waals surface area contributed by atoms with Crippen LogP contribution in [-0.4, -0.2) is 57.0 Å². The SMILES string of the molecule is C[C@@H](C(=O)NC1CCCCC1)N(Cc1cccc(Cl)c1)C(=O)CN(c1ccc2c(c1)OCCO2)S(=O)(=O)c1ccccc1. The van der Waals surface area contributed by atoms with Crippen LogP contribution in [0.15, 0.2) is 77.7 Å². The van der Waals surface area contributed by atoms with Gasteiger partial charge in [0.05, 0.1) is 10.6 Å². The maximum absolute atomic E-state index is 14.2. The second-order valence-electron chi connectivity index (χ2n) is 10.8. The second-order valence-corrected chi connectivity index (χ2v) is 13.1. The van der Waals surface area contributed by atoms with E-state index in [1.54, 1.807) is 61.5 Å². The molecule has 1 aliphatic heterocycles. The summed E-state index contributed by atoms with van der Waals surface area (Å²) >= 11 is 6.24. The fourth-order valence-corrected chi connectivity index (χ4v) is 7.06. The minimum atomic E-state index is -4.19. The number of carbonyl (C=O) groups excluding carboxylic acids is 2. The lowest BCUT2D eigenvalue weighted by Crippen LogP contribution is -2.53. The molecule has 2 aliphatic rings. The highest BCUT2D eigenvalue weighted by Gasteiger charge is 2.34. The van der Waals surface area contributed by atoms with Gasteiger partial charge in [-0.05, 0) is 61.7 Å². The van der Waals surface area contributed by atoms with Gasteiger partial charge in [0.25, 0.3) is 10.0 Å². The van der Waals surface area contributed by atoms with Crippen molar-refractivity contribution in [2.75, 3.05) is 24.1 Å². The zero-order valence-corrected chi connectivity index (χ0v) is 25.6. The third kappa shape index (κ3) is 7.43. The topological polar surface area (TPSA) is 105 Å². The summed E-state index contributed by atoms with van der Waals surface area (Å²) in [6.45, 7) is 1.90. The average molecular weight is 626 g/mol. The first-order valence-electron chi connectivity index (χ1n) is 14.5. The van der Waals surface area contributed by atoms with Crippen LogP contribution in [-0.2, 0) is 26.2 Å². The van der Waals surface area contributed by atoms with Crippen molar-refractivity contribution in [2.45, 2.75) is 62.6 Å². The molecule has 0 unspecified atom stereocenters. The first-order valence-corrected chi connectivity index (χ1v) is 16.4. The third-order valence-electron chi connectivity index (χ3n) is 7.78. The molecule has 1 N–H and O–H groups in total. The predicted octanol–water partition coefficient (Wildman–Crippen LogP) is 5.17. The minimum Gasteiger partial charge on any atom is -0.486 e. The molecule has 1 saturated carbocycles. The number of benzene rings is 3. The lowest BCUT2D eigenvalue weighted by molar-refractivity contribution is -0.139. The Bertz CT molecular complexity index is 1550. The van der Waals surface area contributed by atoms with E-state index in [4.69, 9.17) is 21.1 Å². The highest BCUT2D eigenvalue weighted by atomic mass is 35.5. The number of nitrogens with zero attached hydrogens (tertiary/aromatic N) is 2. The van der Waals surface area contributed by atoms with Crippen LogP contribution in [0.25, 0.3) is 0 Å². The van der Waals surface area contributed by atoms with Gasteiger partial charge >= 0.3 is 0 Å². The van der Waals surface area contributed by atoms with E-state index in [-0.39, 0.29) is 29.1 Å². The number of sulfonamides is 1. The van der Waals surface area contributed by atoms with Crippen molar-refractivity contribution in [1.82, 2.24) is 10.2 Å². The number of fused-ring (bicyclic) bond motifs is 1. The van der Waals surface area contributed by atoms with Crippen molar-refractivity contribution < 1.29 is 27.5 Å². The number of carbonyl (C=O) groups is 2. The Balaban J connectivity index is 1.48. The molecule has 3 aromatic rings. The van der Waals surface area contributed by atoms with Crippen LogP contribution in [0.3, 0.4) is 0 Å². The van der Waals surface area contributed by atoms with E-state index >= 15 is 0 Å². The molecule has 43 heavy (non-hydrogen) atoms. The van der Waals surface area contributed by atoms with Gasteiger partial charge < -0.3 is 19.7 Å². The summed E-state index contributed by atoms with van der Waals surface area (Å²) in [6.07, 6.45) is 5.04. The minimum absolute atomic E-state index is 0.0298. The van der Waals surface area contributed by atoms with E-state index < -0.39 is 28.5 Å². The molecule has 0 spiro atoms. The summed E-state index contributed by atoms with van der Waals surface area (Å²) in [5, 5.41) is 3.60. The van der Waals surface area contributed by atoms with Gasteiger partial charge in [0, 0.05) is 23.7 Å². The van der Waals surface area contributed by atoms with Crippen LogP contribution >= 0.6 is 11.6 Å². The van der Waals surface area contributed by atoms with E-state index in [0.717, 1.165) is 42.0 Å². The highest BCUT2D eigenvalue weighted by molar-refractivity contribution is 7.92. The van der Waals surface area contributed by atoms with E-state index in [2.05, 4.69) is 5.32 Å². The van der Waals surface area contributed by atoms with Crippen molar-refractivity contribution in [3.8, 4) is 11.5 Å². The number of ether oxygens (including phenoxy) is 2. The summed E-state index contributed by atoms with van der Waals surface area (Å²) in [7, 11) is -4.19. The number of rotatable bonds is 10. The molecule has 2 amide bonds. The number of hydrogen-bond acceptors (Lipinski definition) is 6. The van der Waals surface area contributed by atoms with E-state index in [0.29, 0.717) is 29.7 Å². The molecule has 0 aromatic heterocycles. The van der Waals surface area contributed by atoms with Crippen molar-refractivity contribution in [3.63, 3.8) is 0 Å². The number of anilines is 1. The first-order chi connectivity index (χ1) is 20.7. The maximum atomic E-state index is 14.2. The molecule has 1 aliphatic carbocycles. The quantitative estimate of drug-likeness (QED) is 0.333. The van der Waals surface area contributed by atoms with Crippen LogP contribution in [0, 0.1) is 0 Å². The Hall–Kier alpha value is -3.76. The predicted molar refractivity (Wildman–Crippen MR) is 165 cm³/mol. The molecule has 1 atom stereocenters. The summed E-state index contributed by atoms with van der Waals surface area (Å²) in [4.78, 5) is 29.1. The number of halogens is 1. The zero-order chi connectivity index (χ0) is 30.4. The van der Waals surface area contributed by atoms with Crippen LogP contribution in [0.4, 0.5) is 5.69 Å². The van der Waals surface area contributed by atoms with Gasteiger partial charge in [0.15, 0.2) is 11.5 Å². The molecular weight excluding hydrogens is 590 g/mol. The molecule has 1 fully saturated rings. The Labute approximate surface area is 257 Å². The van der Waals surface area contributed by atoms with Gasteiger partial charge in [-0.1, -0.05) is 61.2 Å². The molecule has 0 saturated heterocycles. The van der Waals surface area contributed by atoms with Crippen LogP contribution in [0.2, 0.25) is 5.02 Å². The van der Waals surface area contributed by atoms with Gasteiger partial charge in [-0.3, -0.25) is 13.9 Å². The Morgan fingerprint density at radius 2 is 1.65 bits per heavy atom. The fraction of sp³-hybridized carbons (Fsp3) is 0.375. The van der Waals surface area contributed by atoms with Crippen molar-refractivity contribution in [1.29, 1.82) is 0 Å². The smallest absolute Gasteiger partial charge is 0.264 e. The van der Waals surface area contributed by atoms with Crippen LogP contribution in [0.5, 0.6) is 11.5 Å². The largest absolute Gasteiger partial charge is 0.486 e. The molecule has 9 nitrogen and oxygen atoms in total. The molecule has 0 radical (unpaired) electrons. The normalized spacial score (nSPS) is 15.8. The average Bonchev–Trinajstić information content (AvgIpc) is 3.02. The van der Waals surface area contributed by atoms with Crippen molar-refractivity contribution in [3.05, 3.63) is 83.4 Å². The van der Waals surface area contributed by atoms with Gasteiger partial charge in [-0.15, -0.1) is 0 Å². The Morgan fingerprint density at radius 3 is 2.37 bits per heavy atom. The summed E-state index contributed by atoms with van der Waals surface area (Å²) < 4.78 is 40.4. The van der Waals surface area contributed by atoms with Crippen LogP contribution in [0.1, 0.15) is 44.6 Å². The van der Waals surface area contributed by atoms with Gasteiger partial charge in [-0.2, -0.15) is 0 Å². The number of nitrogens with one attached hydrogen (secondary N) is 1. The Kier molecular flexibility index (Phi) is 9.77. The monoisotopic (exact) mass is 625 g/mol. The van der Waals surface area contributed by atoms with Gasteiger partial charge in [-0.25, -0.2) is 8.42 Å². The highest BCUT2D eigenvalue weighted by Crippen LogP contribution is 2.36. The van der Waals surface area contributed by atoms with Crippen LogP contribution < -0.4 is 19.1 Å². The lowest BCUT2D eigenvalue weighted by atomic mass is 9.95. The summed E-state index contributed by atoms with van der Waals surface area (Å²) in [6, 6.07) is 18.9. The van der Waals surface area contributed by atoms with Crippen molar-refractivity contribution in [2.24, 2.45) is 0 Å². The third-order valence-corrected chi connectivity index (χ3v) is 9.81. The molecular formula is C32H36ClN3O6S. The molecule has 0 bridgehead atoms. The molecule has 3 aromatic carbocycles. The van der Waals surface area contributed by atoms with E-state index in [9.17, 15) is 18.0 Å². The Morgan fingerprint density at radius 1 is 0.930 bits per heavy atom. The maximum Gasteiger partial charge on any atom is 0.264 e. The molecule has 11 heteroatoms. The number of hydrogen-bond donors (Lipinski definition) is 1. The van der Waals surface area contributed by atoms with Gasteiger partial charge in [0.1, 0.15) is 25.8 Å². The lowest BCUT2D eigenvalue weighted by Gasteiger charge is -2.33.